The molecule has 0 aromatic heterocycles. The van der Waals surface area contributed by atoms with Gasteiger partial charge in [-0.05, 0) is 37.5 Å². The monoisotopic (exact) mass is 226 g/mol. The van der Waals surface area contributed by atoms with E-state index >= 15 is 0 Å². The third-order valence-electron chi connectivity index (χ3n) is 3.86. The number of amides is 1. The first-order chi connectivity index (χ1) is 7.70. The van der Waals surface area contributed by atoms with Crippen molar-refractivity contribution in [3.8, 4) is 0 Å². The molecule has 0 radical (unpaired) electrons. The van der Waals surface area contributed by atoms with Gasteiger partial charge in [0.05, 0.1) is 0 Å². The third-order valence-corrected chi connectivity index (χ3v) is 3.86. The summed E-state index contributed by atoms with van der Waals surface area (Å²) in [5.41, 5.74) is 5.95. The van der Waals surface area contributed by atoms with Crippen LogP contribution in [0.25, 0.3) is 0 Å². The minimum Gasteiger partial charge on any atom is -0.396 e. The van der Waals surface area contributed by atoms with Crippen molar-refractivity contribution in [3.05, 3.63) is 0 Å². The average molecular weight is 226 g/mol. The molecular weight excluding hydrogens is 204 g/mol. The number of rotatable bonds is 4. The van der Waals surface area contributed by atoms with Gasteiger partial charge in [0.25, 0.3) is 0 Å². The van der Waals surface area contributed by atoms with Crippen LogP contribution in [-0.4, -0.2) is 41.7 Å². The van der Waals surface area contributed by atoms with Crippen molar-refractivity contribution in [2.24, 2.45) is 17.6 Å². The molecule has 1 atom stereocenters. The molecule has 1 amide bonds. The maximum Gasteiger partial charge on any atom is 0.224 e. The molecule has 16 heavy (non-hydrogen) atoms. The van der Waals surface area contributed by atoms with Crippen molar-refractivity contribution in [1.29, 1.82) is 0 Å². The predicted molar refractivity (Wildman–Crippen MR) is 61.7 cm³/mol. The third kappa shape index (κ3) is 2.95. The van der Waals surface area contributed by atoms with E-state index in [1.807, 2.05) is 4.90 Å². The molecule has 0 aromatic rings. The first-order valence-corrected chi connectivity index (χ1v) is 6.35. The van der Waals surface area contributed by atoms with Crippen molar-refractivity contribution in [2.75, 3.05) is 19.7 Å². The minimum atomic E-state index is 0.0723. The van der Waals surface area contributed by atoms with E-state index in [0.29, 0.717) is 18.3 Å². The second-order valence-corrected chi connectivity index (χ2v) is 5.21. The molecule has 4 nitrogen and oxygen atoms in total. The summed E-state index contributed by atoms with van der Waals surface area (Å²) in [6.07, 6.45) is 4.76. The van der Waals surface area contributed by atoms with E-state index in [1.165, 1.54) is 12.8 Å². The summed E-state index contributed by atoms with van der Waals surface area (Å²) < 4.78 is 0. The minimum absolute atomic E-state index is 0.0723. The van der Waals surface area contributed by atoms with Gasteiger partial charge in [0.2, 0.25) is 5.91 Å². The van der Waals surface area contributed by atoms with Crippen molar-refractivity contribution >= 4 is 5.91 Å². The number of hydrogen-bond acceptors (Lipinski definition) is 3. The number of carbonyl (C=O) groups is 1. The zero-order chi connectivity index (χ0) is 11.5. The summed E-state index contributed by atoms with van der Waals surface area (Å²) in [7, 11) is 0. The van der Waals surface area contributed by atoms with E-state index in [2.05, 4.69) is 0 Å². The smallest absolute Gasteiger partial charge is 0.224 e. The van der Waals surface area contributed by atoms with Crippen molar-refractivity contribution < 1.29 is 9.90 Å². The van der Waals surface area contributed by atoms with Crippen LogP contribution < -0.4 is 5.73 Å². The second-order valence-electron chi connectivity index (χ2n) is 5.21. The fraction of sp³-hybridized carbons (Fsp3) is 0.917. The van der Waals surface area contributed by atoms with Crippen LogP contribution in [0.2, 0.25) is 0 Å². The van der Waals surface area contributed by atoms with Gasteiger partial charge in [-0.1, -0.05) is 0 Å². The largest absolute Gasteiger partial charge is 0.396 e. The Morgan fingerprint density at radius 1 is 1.31 bits per heavy atom. The van der Waals surface area contributed by atoms with Crippen LogP contribution in [0.4, 0.5) is 0 Å². The molecule has 2 rings (SSSR count). The van der Waals surface area contributed by atoms with Gasteiger partial charge in [-0.15, -0.1) is 0 Å². The lowest BCUT2D eigenvalue weighted by atomic mass is 9.97. The number of nitrogens with two attached hydrogens (primary N) is 1. The van der Waals surface area contributed by atoms with Gasteiger partial charge in [-0.2, -0.15) is 0 Å². The van der Waals surface area contributed by atoms with Crippen LogP contribution >= 0.6 is 0 Å². The van der Waals surface area contributed by atoms with Crippen LogP contribution in [0.5, 0.6) is 0 Å². The van der Waals surface area contributed by atoms with Gasteiger partial charge in [-0.3, -0.25) is 4.79 Å². The zero-order valence-corrected chi connectivity index (χ0v) is 9.77. The highest BCUT2D eigenvalue weighted by molar-refractivity contribution is 5.77. The molecule has 1 saturated heterocycles. The van der Waals surface area contributed by atoms with E-state index < -0.39 is 0 Å². The summed E-state index contributed by atoms with van der Waals surface area (Å²) in [6.45, 7) is 1.84. The van der Waals surface area contributed by atoms with Gasteiger partial charge in [0.15, 0.2) is 0 Å². The lowest BCUT2D eigenvalue weighted by molar-refractivity contribution is -0.133. The number of piperidine rings is 1. The van der Waals surface area contributed by atoms with E-state index in [9.17, 15) is 4.79 Å². The van der Waals surface area contributed by atoms with Crippen molar-refractivity contribution in [3.63, 3.8) is 0 Å². The number of hydrogen-bond donors (Lipinski definition) is 2. The van der Waals surface area contributed by atoms with Crippen molar-refractivity contribution in [1.82, 2.24) is 4.90 Å². The van der Waals surface area contributed by atoms with E-state index in [-0.39, 0.29) is 18.6 Å². The highest BCUT2D eigenvalue weighted by Gasteiger charge is 2.31. The molecule has 1 heterocycles. The lowest BCUT2D eigenvalue weighted by Crippen LogP contribution is -2.42. The van der Waals surface area contributed by atoms with Gasteiger partial charge >= 0.3 is 0 Å². The quantitative estimate of drug-likeness (QED) is 0.726. The van der Waals surface area contributed by atoms with Gasteiger partial charge in [-0.25, -0.2) is 0 Å². The summed E-state index contributed by atoms with van der Waals surface area (Å²) in [5.74, 6) is 1.19. The average Bonchev–Trinajstić information content (AvgIpc) is 3.13. The van der Waals surface area contributed by atoms with E-state index in [1.54, 1.807) is 0 Å². The zero-order valence-electron chi connectivity index (χ0n) is 9.77. The highest BCUT2D eigenvalue weighted by atomic mass is 16.3. The summed E-state index contributed by atoms with van der Waals surface area (Å²) in [6, 6.07) is 0.0723. The van der Waals surface area contributed by atoms with Crippen LogP contribution in [0.1, 0.15) is 32.1 Å². The first kappa shape index (κ1) is 11.9. The Bertz CT molecular complexity index is 245. The molecule has 0 spiro atoms. The highest BCUT2D eigenvalue weighted by Crippen LogP contribution is 2.33. The molecule has 0 bridgehead atoms. The maximum absolute atomic E-state index is 11.9. The van der Waals surface area contributed by atoms with Crippen LogP contribution in [0, 0.1) is 11.8 Å². The van der Waals surface area contributed by atoms with Gasteiger partial charge in [0, 0.05) is 32.2 Å². The molecule has 1 aliphatic carbocycles. The molecule has 1 saturated carbocycles. The molecule has 4 heteroatoms. The van der Waals surface area contributed by atoms with Gasteiger partial charge in [0.1, 0.15) is 0 Å². The standard InChI is InChI=1S/C12H22N2O2/c13-11(10-1-2-10)7-12(16)14-5-3-9(8-15)4-6-14/h9-11,15H,1-8,13H2. The fourth-order valence-corrected chi connectivity index (χ4v) is 2.39. The fourth-order valence-electron chi connectivity index (χ4n) is 2.39. The Morgan fingerprint density at radius 3 is 2.44 bits per heavy atom. The second kappa shape index (κ2) is 5.15. The molecule has 0 aromatic carbocycles. The predicted octanol–water partition coefficient (Wildman–Crippen LogP) is 0.345. The molecule has 1 unspecified atom stereocenters. The van der Waals surface area contributed by atoms with E-state index in [0.717, 1.165) is 25.9 Å². The lowest BCUT2D eigenvalue weighted by Gasteiger charge is -2.31. The van der Waals surface area contributed by atoms with Crippen LogP contribution in [-0.2, 0) is 4.79 Å². The Morgan fingerprint density at radius 2 is 1.94 bits per heavy atom. The Labute approximate surface area is 96.8 Å². The summed E-state index contributed by atoms with van der Waals surface area (Å²) >= 11 is 0. The number of nitrogens with zero attached hydrogens (tertiary/aromatic N) is 1. The number of carbonyl (C=O) groups excluding carboxylic acids is 1. The molecular formula is C12H22N2O2. The summed E-state index contributed by atoms with van der Waals surface area (Å²) in [5, 5.41) is 9.02. The number of aliphatic hydroxyl groups excluding tert-OH is 1. The number of likely N-dealkylation sites (tertiary alicyclic amines) is 1. The maximum atomic E-state index is 11.9. The normalized spacial score (nSPS) is 24.5. The van der Waals surface area contributed by atoms with Crippen LogP contribution in [0.3, 0.4) is 0 Å². The SMILES string of the molecule is NC(CC(=O)N1CCC(CO)CC1)C1CC1. The molecule has 92 valence electrons. The Balaban J connectivity index is 1.73. The van der Waals surface area contributed by atoms with Crippen molar-refractivity contribution in [2.45, 2.75) is 38.1 Å². The molecule has 2 fully saturated rings. The topological polar surface area (TPSA) is 66.6 Å². The van der Waals surface area contributed by atoms with E-state index in [4.69, 9.17) is 10.8 Å². The molecule has 2 aliphatic rings. The number of aliphatic hydroxyl groups is 1. The Kier molecular flexibility index (Phi) is 3.82. The first-order valence-electron chi connectivity index (χ1n) is 6.35. The Hall–Kier alpha value is -0.610. The van der Waals surface area contributed by atoms with Gasteiger partial charge < -0.3 is 15.7 Å². The summed E-state index contributed by atoms with van der Waals surface area (Å²) in [4.78, 5) is 13.8. The molecule has 3 N–H and O–H groups in total. The molecule has 1 aliphatic heterocycles. The van der Waals surface area contributed by atoms with Crippen LogP contribution in [0.15, 0.2) is 0 Å².